The highest BCUT2D eigenvalue weighted by atomic mass is 35.5. The highest BCUT2D eigenvalue weighted by Gasteiger charge is 2.32. The van der Waals surface area contributed by atoms with Crippen molar-refractivity contribution in [1.29, 1.82) is 0 Å². The van der Waals surface area contributed by atoms with Crippen LogP contribution >= 0.6 is 11.6 Å². The summed E-state index contributed by atoms with van der Waals surface area (Å²) < 4.78 is 18.5. The van der Waals surface area contributed by atoms with Crippen LogP contribution in [0.15, 0.2) is 36.4 Å². The second-order valence-corrected chi connectivity index (χ2v) is 6.53. The molecule has 0 N–H and O–H groups in total. The van der Waals surface area contributed by atoms with Crippen LogP contribution in [0, 0.1) is 5.82 Å². The Bertz CT molecular complexity index is 868. The third-order valence-corrected chi connectivity index (χ3v) is 5.16. The zero-order chi connectivity index (χ0) is 18.8. The molecule has 26 heavy (non-hydrogen) atoms. The molecule has 2 aromatic carbocycles. The normalized spacial score (nSPS) is 15.5. The first kappa shape index (κ1) is 18.4. The Hall–Kier alpha value is -2.40. The SMILES string of the molecule is CCN(C(=O)c1cccc(F)c1Cl)[C@@H]1CCc2ccc(C(=O)OC)cc21. The largest absolute Gasteiger partial charge is 0.465 e. The van der Waals surface area contributed by atoms with Crippen molar-refractivity contribution in [2.45, 2.75) is 25.8 Å². The zero-order valence-corrected chi connectivity index (χ0v) is 15.3. The van der Waals surface area contributed by atoms with Crippen molar-refractivity contribution in [3.8, 4) is 0 Å². The summed E-state index contributed by atoms with van der Waals surface area (Å²) in [4.78, 5) is 26.5. The van der Waals surface area contributed by atoms with Gasteiger partial charge in [-0.15, -0.1) is 0 Å². The van der Waals surface area contributed by atoms with Crippen molar-refractivity contribution in [3.63, 3.8) is 0 Å². The Morgan fingerprint density at radius 2 is 2.08 bits per heavy atom. The van der Waals surface area contributed by atoms with Crippen LogP contribution in [0.4, 0.5) is 4.39 Å². The molecular weight excluding hydrogens is 357 g/mol. The third kappa shape index (κ3) is 3.19. The van der Waals surface area contributed by atoms with Gasteiger partial charge in [-0.3, -0.25) is 4.79 Å². The summed E-state index contributed by atoms with van der Waals surface area (Å²) >= 11 is 6.00. The van der Waals surface area contributed by atoms with Gasteiger partial charge in [0, 0.05) is 6.54 Å². The molecule has 0 heterocycles. The molecule has 3 rings (SSSR count). The lowest BCUT2D eigenvalue weighted by Gasteiger charge is -2.29. The summed E-state index contributed by atoms with van der Waals surface area (Å²) in [5.74, 6) is -1.35. The van der Waals surface area contributed by atoms with E-state index in [1.807, 2.05) is 13.0 Å². The predicted octanol–water partition coefficient (Wildman–Crippen LogP) is 4.42. The first-order chi connectivity index (χ1) is 12.5. The van der Waals surface area contributed by atoms with Gasteiger partial charge in [0.25, 0.3) is 5.91 Å². The number of carbonyl (C=O) groups is 2. The van der Waals surface area contributed by atoms with E-state index in [2.05, 4.69) is 0 Å². The van der Waals surface area contributed by atoms with Gasteiger partial charge in [-0.25, -0.2) is 9.18 Å². The van der Waals surface area contributed by atoms with Crippen LogP contribution < -0.4 is 0 Å². The van der Waals surface area contributed by atoms with E-state index in [9.17, 15) is 14.0 Å². The molecule has 0 aromatic heterocycles. The van der Waals surface area contributed by atoms with Gasteiger partial charge >= 0.3 is 5.97 Å². The summed E-state index contributed by atoms with van der Waals surface area (Å²) in [6, 6.07) is 9.44. The number of hydrogen-bond acceptors (Lipinski definition) is 3. The lowest BCUT2D eigenvalue weighted by Crippen LogP contribution is -2.34. The summed E-state index contributed by atoms with van der Waals surface area (Å²) in [5.41, 5.74) is 2.62. The summed E-state index contributed by atoms with van der Waals surface area (Å²) in [7, 11) is 1.33. The molecule has 0 bridgehead atoms. The minimum Gasteiger partial charge on any atom is -0.465 e. The van der Waals surface area contributed by atoms with Crippen molar-refractivity contribution >= 4 is 23.5 Å². The van der Waals surface area contributed by atoms with Gasteiger partial charge < -0.3 is 9.64 Å². The third-order valence-electron chi connectivity index (χ3n) is 4.77. The molecule has 136 valence electrons. The van der Waals surface area contributed by atoms with Gasteiger partial charge in [-0.2, -0.15) is 0 Å². The van der Waals surface area contributed by atoms with E-state index in [4.69, 9.17) is 16.3 Å². The number of ether oxygens (including phenoxy) is 1. The van der Waals surface area contributed by atoms with Crippen LogP contribution in [0.3, 0.4) is 0 Å². The number of methoxy groups -OCH3 is 1. The van der Waals surface area contributed by atoms with E-state index in [0.717, 1.165) is 24.0 Å². The van der Waals surface area contributed by atoms with Crippen molar-refractivity contribution in [2.24, 2.45) is 0 Å². The van der Waals surface area contributed by atoms with Crippen molar-refractivity contribution in [3.05, 3.63) is 69.5 Å². The molecule has 6 heteroatoms. The van der Waals surface area contributed by atoms with Gasteiger partial charge in [0.05, 0.1) is 29.3 Å². The predicted molar refractivity (Wildman–Crippen MR) is 97.0 cm³/mol. The number of amides is 1. The average molecular weight is 376 g/mol. The molecule has 1 aliphatic rings. The molecule has 0 aliphatic heterocycles. The number of fused-ring (bicyclic) bond motifs is 1. The molecule has 0 fully saturated rings. The molecule has 0 unspecified atom stereocenters. The first-order valence-electron chi connectivity index (χ1n) is 8.44. The van der Waals surface area contributed by atoms with Gasteiger partial charge in [0.1, 0.15) is 5.82 Å². The van der Waals surface area contributed by atoms with Gasteiger partial charge in [-0.05, 0) is 55.2 Å². The number of aryl methyl sites for hydroxylation is 1. The number of halogens is 2. The molecule has 0 saturated carbocycles. The summed E-state index contributed by atoms with van der Waals surface area (Å²) in [5, 5.41) is -0.169. The van der Waals surface area contributed by atoms with Crippen LogP contribution in [0.2, 0.25) is 5.02 Å². The molecular formula is C20H19ClFNO3. The molecule has 0 radical (unpaired) electrons. The van der Waals surface area contributed by atoms with Crippen molar-refractivity contribution < 1.29 is 18.7 Å². The zero-order valence-electron chi connectivity index (χ0n) is 14.6. The number of benzene rings is 2. The van der Waals surface area contributed by atoms with E-state index < -0.39 is 11.8 Å². The minimum atomic E-state index is -0.617. The van der Waals surface area contributed by atoms with Gasteiger partial charge in [0.15, 0.2) is 0 Å². The molecule has 4 nitrogen and oxygen atoms in total. The molecule has 2 aromatic rings. The second-order valence-electron chi connectivity index (χ2n) is 6.15. The fourth-order valence-corrected chi connectivity index (χ4v) is 3.69. The lowest BCUT2D eigenvalue weighted by molar-refractivity contribution is 0.0600. The smallest absolute Gasteiger partial charge is 0.337 e. The maximum absolute atomic E-state index is 13.7. The maximum atomic E-state index is 13.7. The molecule has 1 atom stereocenters. The van der Waals surface area contributed by atoms with E-state index >= 15 is 0 Å². The van der Waals surface area contributed by atoms with Crippen molar-refractivity contribution in [1.82, 2.24) is 4.90 Å². The first-order valence-corrected chi connectivity index (χ1v) is 8.81. The molecule has 1 amide bonds. The number of carbonyl (C=O) groups excluding carboxylic acids is 2. The maximum Gasteiger partial charge on any atom is 0.337 e. The van der Waals surface area contributed by atoms with Crippen LogP contribution in [0.25, 0.3) is 0 Å². The van der Waals surface area contributed by atoms with Crippen molar-refractivity contribution in [2.75, 3.05) is 13.7 Å². The second kappa shape index (κ2) is 7.46. The van der Waals surface area contributed by atoms with Gasteiger partial charge in [-0.1, -0.05) is 23.7 Å². The van der Waals surface area contributed by atoms with Crippen LogP contribution in [0.5, 0.6) is 0 Å². The average Bonchev–Trinajstić information content (AvgIpc) is 3.07. The van der Waals surface area contributed by atoms with Crippen LogP contribution in [0.1, 0.15) is 51.2 Å². The molecule has 0 spiro atoms. The van der Waals surface area contributed by atoms with Crippen LogP contribution in [-0.4, -0.2) is 30.4 Å². The number of hydrogen-bond donors (Lipinski definition) is 0. The minimum absolute atomic E-state index is 0.145. The lowest BCUT2D eigenvalue weighted by atomic mass is 10.0. The van der Waals surface area contributed by atoms with E-state index in [-0.39, 0.29) is 22.5 Å². The fourth-order valence-electron chi connectivity index (χ4n) is 3.48. The number of esters is 1. The quantitative estimate of drug-likeness (QED) is 0.743. The molecule has 0 saturated heterocycles. The summed E-state index contributed by atoms with van der Waals surface area (Å²) in [6.07, 6.45) is 1.55. The molecule has 1 aliphatic carbocycles. The van der Waals surface area contributed by atoms with E-state index in [1.165, 1.54) is 25.3 Å². The van der Waals surface area contributed by atoms with E-state index in [0.29, 0.717) is 12.1 Å². The topological polar surface area (TPSA) is 46.6 Å². The fraction of sp³-hybridized carbons (Fsp3) is 0.300. The highest BCUT2D eigenvalue weighted by molar-refractivity contribution is 6.34. The Morgan fingerprint density at radius 1 is 1.31 bits per heavy atom. The Morgan fingerprint density at radius 3 is 2.77 bits per heavy atom. The standard InChI is InChI=1S/C20H19ClFNO3/c1-3-23(19(24)14-5-4-6-16(22)18(14)21)17-10-9-12-7-8-13(11-15(12)17)20(25)26-2/h4-8,11,17H,3,9-10H2,1-2H3/t17-/m1/s1. The Kier molecular flexibility index (Phi) is 5.28. The highest BCUT2D eigenvalue weighted by Crippen LogP contribution is 2.37. The van der Waals surface area contributed by atoms with Gasteiger partial charge in [0.2, 0.25) is 0 Å². The number of nitrogens with zero attached hydrogens (tertiary/aromatic N) is 1. The Labute approximate surface area is 156 Å². The number of rotatable bonds is 4. The Balaban J connectivity index is 1.97. The summed E-state index contributed by atoms with van der Waals surface area (Å²) in [6.45, 7) is 2.31. The van der Waals surface area contributed by atoms with E-state index in [1.54, 1.807) is 17.0 Å². The monoisotopic (exact) mass is 375 g/mol. The van der Waals surface area contributed by atoms with Crippen LogP contribution in [-0.2, 0) is 11.2 Å².